The second-order valence-corrected chi connectivity index (χ2v) is 6.97. The zero-order chi connectivity index (χ0) is 20.6. The molecule has 0 aliphatic carbocycles. The molecule has 0 radical (unpaired) electrons. The number of aromatic nitrogens is 2. The lowest BCUT2D eigenvalue weighted by atomic mass is 10.1. The number of para-hydroxylation sites is 1. The van der Waals surface area contributed by atoms with Crippen molar-refractivity contribution < 1.29 is 14.3 Å². The largest absolute Gasteiger partial charge is 0.494 e. The van der Waals surface area contributed by atoms with Gasteiger partial charge in [-0.25, -0.2) is 4.68 Å². The minimum atomic E-state index is -0.450. The summed E-state index contributed by atoms with van der Waals surface area (Å²) >= 11 is 0. The molecule has 1 heterocycles. The van der Waals surface area contributed by atoms with Gasteiger partial charge in [0.2, 0.25) is 0 Å². The van der Waals surface area contributed by atoms with Crippen molar-refractivity contribution in [3.05, 3.63) is 78.1 Å². The third kappa shape index (κ3) is 5.68. The van der Waals surface area contributed by atoms with E-state index in [-0.39, 0.29) is 0 Å². The summed E-state index contributed by atoms with van der Waals surface area (Å²) in [7, 11) is 0. The molecule has 0 unspecified atom stereocenters. The lowest BCUT2D eigenvalue weighted by Gasteiger charge is -2.09. The standard InChI is InChI=1S/C22H24N4O3/c1-16(2)12-13-29-20-10-8-17(9-11-20)21(27)24-25-22(28)18-14-23-26(15-18)19-6-4-3-5-7-19/h3-11,14-16H,12-13H2,1-2H3,(H,24,27)(H,25,28). The highest BCUT2D eigenvalue weighted by atomic mass is 16.5. The molecule has 29 heavy (non-hydrogen) atoms. The van der Waals surface area contributed by atoms with E-state index in [1.165, 1.54) is 6.20 Å². The number of nitrogens with zero attached hydrogens (tertiary/aromatic N) is 2. The van der Waals surface area contributed by atoms with Gasteiger partial charge in [-0.3, -0.25) is 20.4 Å². The summed E-state index contributed by atoms with van der Waals surface area (Å²) in [5, 5.41) is 4.17. The van der Waals surface area contributed by atoms with Crippen molar-refractivity contribution in [2.24, 2.45) is 5.92 Å². The number of nitrogens with one attached hydrogen (secondary N) is 2. The summed E-state index contributed by atoms with van der Waals surface area (Å²) in [5.74, 6) is 0.416. The van der Waals surface area contributed by atoms with Crippen LogP contribution >= 0.6 is 0 Å². The topological polar surface area (TPSA) is 85.2 Å². The van der Waals surface area contributed by atoms with E-state index in [1.54, 1.807) is 35.1 Å². The Morgan fingerprint density at radius 3 is 2.28 bits per heavy atom. The number of hydrogen-bond donors (Lipinski definition) is 2. The molecule has 0 saturated heterocycles. The van der Waals surface area contributed by atoms with Gasteiger partial charge in [0.25, 0.3) is 11.8 Å². The highest BCUT2D eigenvalue weighted by Gasteiger charge is 2.12. The second-order valence-electron chi connectivity index (χ2n) is 6.97. The lowest BCUT2D eigenvalue weighted by Crippen LogP contribution is -2.41. The van der Waals surface area contributed by atoms with E-state index < -0.39 is 11.8 Å². The highest BCUT2D eigenvalue weighted by Crippen LogP contribution is 2.13. The third-order valence-corrected chi connectivity index (χ3v) is 4.24. The summed E-state index contributed by atoms with van der Waals surface area (Å²) in [5.41, 5.74) is 6.40. The molecule has 7 nitrogen and oxygen atoms in total. The SMILES string of the molecule is CC(C)CCOc1ccc(C(=O)NNC(=O)c2cnn(-c3ccccc3)c2)cc1. The Kier molecular flexibility index (Phi) is 6.63. The van der Waals surface area contributed by atoms with Crippen LogP contribution in [0.25, 0.3) is 5.69 Å². The summed E-state index contributed by atoms with van der Waals surface area (Å²) in [6.45, 7) is 4.91. The Balaban J connectivity index is 1.51. The lowest BCUT2D eigenvalue weighted by molar-refractivity contribution is 0.0846. The van der Waals surface area contributed by atoms with Gasteiger partial charge in [-0.05, 0) is 48.7 Å². The molecule has 0 atom stereocenters. The van der Waals surface area contributed by atoms with E-state index >= 15 is 0 Å². The molecule has 0 bridgehead atoms. The number of carbonyl (C=O) groups is 2. The number of carbonyl (C=O) groups excluding carboxylic acids is 2. The minimum absolute atomic E-state index is 0.336. The number of hydrazine groups is 1. The summed E-state index contributed by atoms with van der Waals surface area (Å²) in [4.78, 5) is 24.5. The van der Waals surface area contributed by atoms with Gasteiger partial charge in [-0.1, -0.05) is 32.0 Å². The van der Waals surface area contributed by atoms with E-state index in [0.717, 1.165) is 12.1 Å². The van der Waals surface area contributed by atoms with E-state index in [2.05, 4.69) is 29.8 Å². The van der Waals surface area contributed by atoms with E-state index in [0.29, 0.717) is 29.4 Å². The quantitative estimate of drug-likeness (QED) is 0.604. The van der Waals surface area contributed by atoms with Crippen molar-refractivity contribution in [2.75, 3.05) is 6.61 Å². The Bertz CT molecular complexity index is 950. The molecule has 0 saturated carbocycles. The summed E-state index contributed by atoms with van der Waals surface area (Å²) < 4.78 is 7.23. The predicted molar refractivity (Wildman–Crippen MR) is 110 cm³/mol. The fraction of sp³-hybridized carbons (Fsp3) is 0.227. The van der Waals surface area contributed by atoms with Crippen molar-refractivity contribution in [2.45, 2.75) is 20.3 Å². The molecular formula is C22H24N4O3. The number of ether oxygens (including phenoxy) is 1. The molecule has 0 fully saturated rings. The predicted octanol–water partition coefficient (Wildman–Crippen LogP) is 3.37. The van der Waals surface area contributed by atoms with Crippen LogP contribution in [0.5, 0.6) is 5.75 Å². The van der Waals surface area contributed by atoms with Gasteiger partial charge < -0.3 is 4.74 Å². The molecule has 0 aliphatic heterocycles. The van der Waals surface area contributed by atoms with Crippen LogP contribution in [-0.4, -0.2) is 28.2 Å². The Morgan fingerprint density at radius 2 is 1.62 bits per heavy atom. The Hall–Kier alpha value is -3.61. The van der Waals surface area contributed by atoms with E-state index in [1.807, 2.05) is 30.3 Å². The molecule has 2 amide bonds. The molecular weight excluding hydrogens is 368 g/mol. The first-order valence-corrected chi connectivity index (χ1v) is 9.46. The molecule has 0 spiro atoms. The first-order valence-electron chi connectivity index (χ1n) is 9.46. The van der Waals surface area contributed by atoms with Gasteiger partial charge in [0, 0.05) is 11.8 Å². The van der Waals surface area contributed by atoms with Crippen molar-refractivity contribution in [3.8, 4) is 11.4 Å². The number of amides is 2. The first-order chi connectivity index (χ1) is 14.0. The van der Waals surface area contributed by atoms with Crippen molar-refractivity contribution in [1.82, 2.24) is 20.6 Å². The van der Waals surface area contributed by atoms with E-state index in [9.17, 15) is 9.59 Å². The molecule has 2 N–H and O–H groups in total. The van der Waals surface area contributed by atoms with Crippen LogP contribution in [0.15, 0.2) is 67.0 Å². The van der Waals surface area contributed by atoms with Crippen molar-refractivity contribution in [3.63, 3.8) is 0 Å². The van der Waals surface area contributed by atoms with Crippen LogP contribution in [0.2, 0.25) is 0 Å². The monoisotopic (exact) mass is 392 g/mol. The highest BCUT2D eigenvalue weighted by molar-refractivity contribution is 5.98. The normalized spacial score (nSPS) is 10.6. The molecule has 0 aliphatic rings. The van der Waals surface area contributed by atoms with Gasteiger partial charge in [0.1, 0.15) is 5.75 Å². The number of hydrogen-bond acceptors (Lipinski definition) is 4. The maximum Gasteiger partial charge on any atom is 0.272 e. The van der Waals surface area contributed by atoms with Crippen LogP contribution in [0.3, 0.4) is 0 Å². The van der Waals surface area contributed by atoms with Gasteiger partial charge in [0.15, 0.2) is 0 Å². The molecule has 3 rings (SSSR count). The smallest absolute Gasteiger partial charge is 0.272 e. The van der Waals surface area contributed by atoms with Crippen LogP contribution < -0.4 is 15.6 Å². The van der Waals surface area contributed by atoms with Crippen LogP contribution in [0.1, 0.15) is 41.0 Å². The van der Waals surface area contributed by atoms with Crippen LogP contribution in [-0.2, 0) is 0 Å². The third-order valence-electron chi connectivity index (χ3n) is 4.24. The zero-order valence-electron chi connectivity index (χ0n) is 16.5. The first kappa shape index (κ1) is 20.1. The van der Waals surface area contributed by atoms with Crippen molar-refractivity contribution in [1.29, 1.82) is 0 Å². The maximum atomic E-state index is 12.3. The molecule has 2 aromatic carbocycles. The zero-order valence-corrected chi connectivity index (χ0v) is 16.5. The van der Waals surface area contributed by atoms with Crippen molar-refractivity contribution >= 4 is 11.8 Å². The van der Waals surface area contributed by atoms with Gasteiger partial charge >= 0.3 is 0 Å². The van der Waals surface area contributed by atoms with Crippen LogP contribution in [0.4, 0.5) is 0 Å². The average Bonchev–Trinajstić information content (AvgIpc) is 3.23. The summed E-state index contributed by atoms with van der Waals surface area (Å²) in [6, 6.07) is 16.2. The number of rotatable bonds is 7. The fourth-order valence-electron chi connectivity index (χ4n) is 2.53. The maximum absolute atomic E-state index is 12.3. The molecule has 150 valence electrons. The summed E-state index contributed by atoms with van der Waals surface area (Å²) in [6.07, 6.45) is 4.01. The van der Waals surface area contributed by atoms with E-state index in [4.69, 9.17) is 4.74 Å². The molecule has 7 heteroatoms. The van der Waals surface area contributed by atoms with Gasteiger partial charge in [-0.2, -0.15) is 5.10 Å². The van der Waals surface area contributed by atoms with Gasteiger partial charge in [0.05, 0.1) is 24.1 Å². The fourth-order valence-corrected chi connectivity index (χ4v) is 2.53. The molecule has 3 aromatic rings. The van der Waals surface area contributed by atoms with Crippen LogP contribution in [0, 0.1) is 5.92 Å². The Morgan fingerprint density at radius 1 is 0.966 bits per heavy atom. The minimum Gasteiger partial charge on any atom is -0.494 e. The molecule has 1 aromatic heterocycles. The number of benzene rings is 2. The Labute approximate surface area is 169 Å². The van der Waals surface area contributed by atoms with Gasteiger partial charge in [-0.15, -0.1) is 0 Å². The average molecular weight is 392 g/mol. The second kappa shape index (κ2) is 9.54.